The van der Waals surface area contributed by atoms with Gasteiger partial charge in [-0.15, -0.1) is 0 Å². The molecule has 0 bridgehead atoms. The number of rotatable bonds is 5. The van der Waals surface area contributed by atoms with Crippen LogP contribution in [0.25, 0.3) is 0 Å². The summed E-state index contributed by atoms with van der Waals surface area (Å²) in [7, 11) is 0. The Morgan fingerprint density at radius 2 is 1.97 bits per heavy atom. The summed E-state index contributed by atoms with van der Waals surface area (Å²) in [5.74, 6) is -1.47. The number of hydrogen-bond donors (Lipinski definition) is 2. The van der Waals surface area contributed by atoms with Gasteiger partial charge in [-0.3, -0.25) is 9.59 Å². The maximum atomic E-state index is 13.2. The fraction of sp³-hybridized carbons (Fsp3) is 0.217. The van der Waals surface area contributed by atoms with Crippen LogP contribution in [0.1, 0.15) is 40.0 Å². The van der Waals surface area contributed by atoms with E-state index in [1.165, 1.54) is 12.1 Å². The summed E-state index contributed by atoms with van der Waals surface area (Å²) in [6.07, 6.45) is 0. The summed E-state index contributed by atoms with van der Waals surface area (Å²) in [6, 6.07) is 16.6. The summed E-state index contributed by atoms with van der Waals surface area (Å²) in [5, 5.41) is 20.2. The molecule has 0 spiro atoms. The summed E-state index contributed by atoms with van der Waals surface area (Å²) >= 11 is 0. The predicted molar refractivity (Wildman–Crippen MR) is 112 cm³/mol. The van der Waals surface area contributed by atoms with E-state index >= 15 is 0 Å². The Bertz CT molecular complexity index is 1170. The number of anilines is 1. The van der Waals surface area contributed by atoms with Crippen LogP contribution >= 0.6 is 0 Å². The van der Waals surface area contributed by atoms with Gasteiger partial charge in [0.1, 0.15) is 17.4 Å². The molecule has 2 atom stereocenters. The molecule has 2 aromatic carbocycles. The number of amides is 1. The van der Waals surface area contributed by atoms with Crippen LogP contribution in [-0.2, 0) is 11.3 Å². The van der Waals surface area contributed by atoms with E-state index in [-0.39, 0.29) is 41.3 Å². The molecule has 0 saturated carbocycles. The van der Waals surface area contributed by atoms with E-state index in [1.807, 2.05) is 6.92 Å². The van der Waals surface area contributed by atoms with Crippen LogP contribution in [0.3, 0.4) is 0 Å². The SMILES string of the molecule is CC1CNC(=O)C1c1nn(C(=O)c2ccccc2)c(NCc2ccc(F)cc2)c1C#N. The predicted octanol–water partition coefficient (Wildman–Crippen LogP) is 3.04. The Hall–Kier alpha value is -3.99. The van der Waals surface area contributed by atoms with Gasteiger partial charge in [-0.05, 0) is 35.7 Å². The van der Waals surface area contributed by atoms with Crippen LogP contribution in [0.5, 0.6) is 0 Å². The minimum absolute atomic E-state index is 0.0697. The van der Waals surface area contributed by atoms with E-state index in [0.717, 1.165) is 10.2 Å². The lowest BCUT2D eigenvalue weighted by Gasteiger charge is -2.10. The van der Waals surface area contributed by atoms with Gasteiger partial charge in [0.25, 0.3) is 5.91 Å². The molecule has 1 fully saturated rings. The largest absolute Gasteiger partial charge is 0.365 e. The lowest BCUT2D eigenvalue weighted by Crippen LogP contribution is -2.20. The zero-order chi connectivity index (χ0) is 22.0. The van der Waals surface area contributed by atoms with Gasteiger partial charge < -0.3 is 10.6 Å². The van der Waals surface area contributed by atoms with Crippen LogP contribution in [0.4, 0.5) is 10.2 Å². The van der Waals surface area contributed by atoms with E-state index < -0.39 is 11.8 Å². The van der Waals surface area contributed by atoms with Crippen molar-refractivity contribution >= 4 is 17.6 Å². The van der Waals surface area contributed by atoms with E-state index in [2.05, 4.69) is 21.8 Å². The number of carbonyl (C=O) groups is 2. The highest BCUT2D eigenvalue weighted by atomic mass is 19.1. The first-order valence-corrected chi connectivity index (χ1v) is 9.88. The molecule has 2 unspecified atom stereocenters. The molecule has 31 heavy (non-hydrogen) atoms. The number of hydrogen-bond acceptors (Lipinski definition) is 5. The molecule has 8 heteroatoms. The van der Waals surface area contributed by atoms with Gasteiger partial charge in [-0.25, -0.2) is 4.39 Å². The zero-order valence-corrected chi connectivity index (χ0v) is 16.8. The fourth-order valence-corrected chi connectivity index (χ4v) is 3.71. The lowest BCUT2D eigenvalue weighted by molar-refractivity contribution is -0.120. The second kappa shape index (κ2) is 8.40. The van der Waals surface area contributed by atoms with Gasteiger partial charge in [-0.2, -0.15) is 15.0 Å². The van der Waals surface area contributed by atoms with Crippen molar-refractivity contribution in [2.75, 3.05) is 11.9 Å². The van der Waals surface area contributed by atoms with Crippen molar-refractivity contribution in [2.24, 2.45) is 5.92 Å². The molecule has 1 aliphatic rings. The van der Waals surface area contributed by atoms with Gasteiger partial charge >= 0.3 is 0 Å². The molecule has 3 aromatic rings. The summed E-state index contributed by atoms with van der Waals surface area (Å²) in [4.78, 5) is 25.6. The van der Waals surface area contributed by atoms with E-state index in [9.17, 15) is 19.2 Å². The molecule has 1 aromatic heterocycles. The third-order valence-electron chi connectivity index (χ3n) is 5.35. The number of halogens is 1. The second-order valence-electron chi connectivity index (χ2n) is 7.48. The molecule has 1 saturated heterocycles. The van der Waals surface area contributed by atoms with E-state index in [0.29, 0.717) is 12.1 Å². The Morgan fingerprint density at radius 3 is 2.58 bits per heavy atom. The molecule has 2 N–H and O–H groups in total. The van der Waals surface area contributed by atoms with Crippen LogP contribution in [0.15, 0.2) is 54.6 Å². The van der Waals surface area contributed by atoms with Crippen molar-refractivity contribution in [3.8, 4) is 6.07 Å². The Morgan fingerprint density at radius 1 is 1.26 bits per heavy atom. The van der Waals surface area contributed by atoms with Gasteiger partial charge in [0.05, 0.1) is 11.6 Å². The second-order valence-corrected chi connectivity index (χ2v) is 7.48. The minimum Gasteiger partial charge on any atom is -0.365 e. The number of benzene rings is 2. The van der Waals surface area contributed by atoms with E-state index in [4.69, 9.17) is 0 Å². The fourth-order valence-electron chi connectivity index (χ4n) is 3.71. The standard InChI is InChI=1S/C23H20FN5O2/c1-14-12-27-22(30)19(14)20-18(11-25)21(26-13-15-7-9-17(24)10-8-15)29(28-20)23(31)16-5-3-2-4-6-16/h2-10,14,19,26H,12-13H2,1H3,(H,27,30). The summed E-state index contributed by atoms with van der Waals surface area (Å²) in [5.41, 5.74) is 1.59. The topological polar surface area (TPSA) is 99.8 Å². The third-order valence-corrected chi connectivity index (χ3v) is 5.35. The third kappa shape index (κ3) is 3.90. The molecular weight excluding hydrogens is 397 g/mol. The number of nitrogens with one attached hydrogen (secondary N) is 2. The lowest BCUT2D eigenvalue weighted by atomic mass is 9.92. The summed E-state index contributed by atoms with van der Waals surface area (Å²) in [6.45, 7) is 2.62. The average Bonchev–Trinajstić information content (AvgIpc) is 3.31. The molecule has 0 aliphatic carbocycles. The Labute approximate surface area is 178 Å². The van der Waals surface area contributed by atoms with Crippen molar-refractivity contribution in [1.29, 1.82) is 5.26 Å². The van der Waals surface area contributed by atoms with Crippen molar-refractivity contribution in [3.63, 3.8) is 0 Å². The molecular formula is C23H20FN5O2. The van der Waals surface area contributed by atoms with Gasteiger partial charge in [-0.1, -0.05) is 37.3 Å². The number of carbonyl (C=O) groups excluding carboxylic acids is 2. The maximum Gasteiger partial charge on any atom is 0.280 e. The first-order chi connectivity index (χ1) is 15.0. The smallest absolute Gasteiger partial charge is 0.280 e. The first kappa shape index (κ1) is 20.3. The quantitative estimate of drug-likeness (QED) is 0.665. The molecule has 0 radical (unpaired) electrons. The average molecular weight is 417 g/mol. The number of nitrogens with zero attached hydrogens (tertiary/aromatic N) is 3. The van der Waals surface area contributed by atoms with Gasteiger partial charge in [0, 0.05) is 18.7 Å². The van der Waals surface area contributed by atoms with Crippen LogP contribution in [-0.4, -0.2) is 28.1 Å². The number of aromatic nitrogens is 2. The Balaban J connectivity index is 1.78. The van der Waals surface area contributed by atoms with Crippen LogP contribution < -0.4 is 10.6 Å². The monoisotopic (exact) mass is 417 g/mol. The first-order valence-electron chi connectivity index (χ1n) is 9.88. The van der Waals surface area contributed by atoms with Crippen molar-refractivity contribution < 1.29 is 14.0 Å². The zero-order valence-electron chi connectivity index (χ0n) is 16.8. The molecule has 4 rings (SSSR count). The molecule has 2 heterocycles. The Kier molecular flexibility index (Phi) is 5.50. The minimum atomic E-state index is -0.620. The highest BCUT2D eigenvalue weighted by Crippen LogP contribution is 2.34. The maximum absolute atomic E-state index is 13.2. The highest BCUT2D eigenvalue weighted by Gasteiger charge is 2.38. The molecule has 7 nitrogen and oxygen atoms in total. The molecule has 156 valence electrons. The van der Waals surface area contributed by atoms with E-state index in [1.54, 1.807) is 42.5 Å². The normalized spacial score (nSPS) is 17.8. The van der Waals surface area contributed by atoms with Crippen LogP contribution in [0, 0.1) is 23.1 Å². The van der Waals surface area contributed by atoms with Crippen LogP contribution in [0.2, 0.25) is 0 Å². The van der Waals surface area contributed by atoms with Gasteiger partial charge in [0.2, 0.25) is 5.91 Å². The number of nitriles is 1. The van der Waals surface area contributed by atoms with Gasteiger partial charge in [0.15, 0.2) is 5.82 Å². The highest BCUT2D eigenvalue weighted by molar-refractivity contribution is 5.98. The van der Waals surface area contributed by atoms with Crippen molar-refractivity contribution in [1.82, 2.24) is 15.1 Å². The summed E-state index contributed by atoms with van der Waals surface area (Å²) < 4.78 is 14.4. The molecule has 1 amide bonds. The molecule has 1 aliphatic heterocycles. The van der Waals surface area contributed by atoms with Crippen molar-refractivity contribution in [2.45, 2.75) is 19.4 Å². The van der Waals surface area contributed by atoms with Crippen molar-refractivity contribution in [3.05, 3.63) is 82.8 Å².